The van der Waals surface area contributed by atoms with E-state index in [4.69, 9.17) is 4.42 Å². The lowest BCUT2D eigenvalue weighted by Crippen LogP contribution is -2.65. The van der Waals surface area contributed by atoms with Crippen LogP contribution in [0.1, 0.15) is 48.7 Å². The summed E-state index contributed by atoms with van der Waals surface area (Å²) in [5.41, 5.74) is 2.01. The number of rotatable bonds is 4. The SMILES string of the molecule is Cc1coc(C2CNCC3(C4CCC4)C2CC(=O)N3Cc2ccccc2)n1. The summed E-state index contributed by atoms with van der Waals surface area (Å²) in [6.07, 6.45) is 6.04. The lowest BCUT2D eigenvalue weighted by Gasteiger charge is -2.55. The van der Waals surface area contributed by atoms with Gasteiger partial charge in [-0.15, -0.1) is 0 Å². The highest BCUT2D eigenvalue weighted by Crippen LogP contribution is 2.54. The molecule has 2 aliphatic heterocycles. The molecule has 1 amide bonds. The Morgan fingerprint density at radius 1 is 1.30 bits per heavy atom. The maximum Gasteiger partial charge on any atom is 0.223 e. The summed E-state index contributed by atoms with van der Waals surface area (Å²) in [6, 6.07) is 10.4. The van der Waals surface area contributed by atoms with E-state index in [9.17, 15) is 4.79 Å². The molecule has 2 saturated heterocycles. The van der Waals surface area contributed by atoms with Crippen molar-refractivity contribution in [1.82, 2.24) is 15.2 Å². The molecule has 1 aromatic carbocycles. The average molecular weight is 365 g/mol. The van der Waals surface area contributed by atoms with Gasteiger partial charge in [-0.2, -0.15) is 0 Å². The zero-order chi connectivity index (χ0) is 18.4. The van der Waals surface area contributed by atoms with E-state index in [1.807, 2.05) is 13.0 Å². The Kier molecular flexibility index (Phi) is 4.08. The molecule has 3 fully saturated rings. The topological polar surface area (TPSA) is 58.4 Å². The Morgan fingerprint density at radius 2 is 2.11 bits per heavy atom. The minimum atomic E-state index is -0.115. The second-order valence-corrected chi connectivity index (χ2v) is 8.46. The summed E-state index contributed by atoms with van der Waals surface area (Å²) in [4.78, 5) is 20.1. The fourth-order valence-electron chi connectivity index (χ4n) is 5.57. The first-order valence-corrected chi connectivity index (χ1v) is 10.2. The van der Waals surface area contributed by atoms with E-state index in [0.717, 1.165) is 24.7 Å². The molecule has 0 bridgehead atoms. The lowest BCUT2D eigenvalue weighted by molar-refractivity contribution is -0.135. The summed E-state index contributed by atoms with van der Waals surface area (Å²) in [7, 11) is 0. The summed E-state index contributed by atoms with van der Waals surface area (Å²) in [6.45, 7) is 4.39. The van der Waals surface area contributed by atoms with Gasteiger partial charge in [0.1, 0.15) is 6.26 Å². The third kappa shape index (κ3) is 2.63. The molecule has 3 aliphatic rings. The zero-order valence-corrected chi connectivity index (χ0v) is 15.9. The molecule has 5 rings (SSSR count). The number of benzene rings is 1. The highest BCUT2D eigenvalue weighted by atomic mass is 16.3. The van der Waals surface area contributed by atoms with Gasteiger partial charge in [0.2, 0.25) is 5.91 Å². The number of fused-ring (bicyclic) bond motifs is 1. The second-order valence-electron chi connectivity index (χ2n) is 8.46. The molecule has 3 atom stereocenters. The van der Waals surface area contributed by atoms with Gasteiger partial charge in [0.05, 0.1) is 17.2 Å². The molecule has 27 heavy (non-hydrogen) atoms. The Hall–Kier alpha value is -2.14. The largest absolute Gasteiger partial charge is 0.448 e. The van der Waals surface area contributed by atoms with Crippen LogP contribution < -0.4 is 5.32 Å². The molecule has 1 N–H and O–H groups in total. The van der Waals surface area contributed by atoms with Crippen molar-refractivity contribution >= 4 is 5.91 Å². The number of aromatic nitrogens is 1. The highest BCUT2D eigenvalue weighted by Gasteiger charge is 2.62. The molecule has 0 spiro atoms. The zero-order valence-electron chi connectivity index (χ0n) is 15.9. The number of piperidine rings is 1. The summed E-state index contributed by atoms with van der Waals surface area (Å²) in [5, 5.41) is 3.65. The number of hydrogen-bond donors (Lipinski definition) is 1. The molecule has 5 heteroatoms. The number of aryl methyl sites for hydroxylation is 1. The number of carbonyl (C=O) groups is 1. The van der Waals surface area contributed by atoms with Crippen LogP contribution in [0, 0.1) is 18.8 Å². The van der Waals surface area contributed by atoms with Crippen LogP contribution in [0.4, 0.5) is 0 Å². The van der Waals surface area contributed by atoms with Crippen molar-refractivity contribution in [3.63, 3.8) is 0 Å². The molecule has 5 nitrogen and oxygen atoms in total. The molecular weight excluding hydrogens is 338 g/mol. The molecule has 3 heterocycles. The van der Waals surface area contributed by atoms with E-state index in [1.54, 1.807) is 6.26 Å². The maximum atomic E-state index is 13.2. The number of oxazole rings is 1. The quantitative estimate of drug-likeness (QED) is 0.904. The smallest absolute Gasteiger partial charge is 0.223 e. The van der Waals surface area contributed by atoms with Gasteiger partial charge in [-0.05, 0) is 31.2 Å². The first-order chi connectivity index (χ1) is 13.2. The monoisotopic (exact) mass is 365 g/mol. The van der Waals surface area contributed by atoms with Crippen molar-refractivity contribution in [2.75, 3.05) is 13.1 Å². The van der Waals surface area contributed by atoms with Gasteiger partial charge in [0.15, 0.2) is 5.89 Å². The average Bonchev–Trinajstić information content (AvgIpc) is 3.17. The van der Waals surface area contributed by atoms with E-state index < -0.39 is 0 Å². The van der Waals surface area contributed by atoms with Crippen LogP contribution in [0.2, 0.25) is 0 Å². The van der Waals surface area contributed by atoms with Crippen LogP contribution in [-0.4, -0.2) is 34.4 Å². The van der Waals surface area contributed by atoms with E-state index in [-0.39, 0.29) is 23.3 Å². The van der Waals surface area contributed by atoms with Crippen LogP contribution >= 0.6 is 0 Å². The van der Waals surface area contributed by atoms with Crippen molar-refractivity contribution < 1.29 is 9.21 Å². The number of amides is 1. The van der Waals surface area contributed by atoms with Crippen LogP contribution in [-0.2, 0) is 11.3 Å². The predicted octanol–water partition coefficient (Wildman–Crippen LogP) is 3.26. The Morgan fingerprint density at radius 3 is 2.78 bits per heavy atom. The summed E-state index contributed by atoms with van der Waals surface area (Å²) >= 11 is 0. The van der Waals surface area contributed by atoms with E-state index in [1.165, 1.54) is 24.8 Å². The van der Waals surface area contributed by atoms with Crippen LogP contribution in [0.3, 0.4) is 0 Å². The third-order valence-electron chi connectivity index (χ3n) is 7.05. The van der Waals surface area contributed by atoms with Crippen LogP contribution in [0.25, 0.3) is 0 Å². The molecule has 1 aliphatic carbocycles. The van der Waals surface area contributed by atoms with Gasteiger partial charge >= 0.3 is 0 Å². The Labute approximate surface area is 160 Å². The normalized spacial score (nSPS) is 31.0. The fraction of sp³-hybridized carbons (Fsp3) is 0.545. The fourth-order valence-corrected chi connectivity index (χ4v) is 5.57. The summed E-state index contributed by atoms with van der Waals surface area (Å²) < 4.78 is 5.80. The summed E-state index contributed by atoms with van der Waals surface area (Å²) in [5.74, 6) is 2.09. The van der Waals surface area contributed by atoms with E-state index >= 15 is 0 Å². The van der Waals surface area contributed by atoms with Gasteiger partial charge < -0.3 is 14.6 Å². The number of likely N-dealkylation sites (tertiary alicyclic amines) is 1. The van der Waals surface area contributed by atoms with Crippen LogP contribution in [0.5, 0.6) is 0 Å². The predicted molar refractivity (Wildman–Crippen MR) is 102 cm³/mol. The minimum absolute atomic E-state index is 0.115. The molecule has 142 valence electrons. The molecule has 0 radical (unpaired) electrons. The Balaban J connectivity index is 1.53. The van der Waals surface area contributed by atoms with Gasteiger partial charge in [-0.1, -0.05) is 36.8 Å². The molecule has 2 aromatic rings. The first-order valence-electron chi connectivity index (χ1n) is 10.2. The first kappa shape index (κ1) is 17.0. The molecular formula is C22H27N3O2. The highest BCUT2D eigenvalue weighted by molar-refractivity contribution is 5.81. The maximum absolute atomic E-state index is 13.2. The Bertz CT molecular complexity index is 829. The minimum Gasteiger partial charge on any atom is -0.448 e. The number of hydrogen-bond acceptors (Lipinski definition) is 4. The van der Waals surface area contributed by atoms with Crippen molar-refractivity contribution in [2.45, 2.75) is 50.6 Å². The second kappa shape index (κ2) is 6.48. The van der Waals surface area contributed by atoms with Crippen molar-refractivity contribution in [2.24, 2.45) is 11.8 Å². The van der Waals surface area contributed by atoms with Gasteiger partial charge in [-0.3, -0.25) is 4.79 Å². The van der Waals surface area contributed by atoms with Crippen molar-refractivity contribution in [3.8, 4) is 0 Å². The molecule has 3 unspecified atom stereocenters. The number of nitrogens with one attached hydrogen (secondary N) is 1. The standard InChI is InChI=1S/C22H27N3O2/c1-15-13-27-21(24-15)18-11-23-14-22(17-8-5-9-17)19(18)10-20(26)25(22)12-16-6-3-2-4-7-16/h2-4,6-7,13,17-19,23H,5,8-12,14H2,1H3. The third-order valence-corrected chi connectivity index (χ3v) is 7.05. The molecule has 1 aromatic heterocycles. The van der Waals surface area contributed by atoms with Crippen molar-refractivity contribution in [3.05, 3.63) is 53.7 Å². The van der Waals surface area contributed by atoms with Gasteiger partial charge in [0, 0.05) is 32.0 Å². The van der Waals surface area contributed by atoms with E-state index in [2.05, 4.69) is 39.5 Å². The van der Waals surface area contributed by atoms with Crippen molar-refractivity contribution in [1.29, 1.82) is 0 Å². The lowest BCUT2D eigenvalue weighted by atomic mass is 9.60. The van der Waals surface area contributed by atoms with E-state index in [0.29, 0.717) is 18.9 Å². The molecule has 1 saturated carbocycles. The van der Waals surface area contributed by atoms with Gasteiger partial charge in [0.25, 0.3) is 0 Å². The van der Waals surface area contributed by atoms with Gasteiger partial charge in [-0.25, -0.2) is 4.98 Å². The number of nitrogens with zero attached hydrogens (tertiary/aromatic N) is 2. The number of carbonyl (C=O) groups excluding carboxylic acids is 1. The van der Waals surface area contributed by atoms with Crippen LogP contribution in [0.15, 0.2) is 41.0 Å².